The first-order chi connectivity index (χ1) is 7.53. The van der Waals surface area contributed by atoms with Crippen LogP contribution in [0.25, 0.3) is 0 Å². The molecular formula is C10H12N2O4. The third-order valence-electron chi connectivity index (χ3n) is 2.78. The second-order valence-electron chi connectivity index (χ2n) is 3.95. The van der Waals surface area contributed by atoms with Gasteiger partial charge in [-0.05, 0) is 12.5 Å². The number of hydrogen-bond donors (Lipinski definition) is 2. The Balaban J connectivity index is 2.10. The topological polar surface area (TPSA) is 96.8 Å². The van der Waals surface area contributed by atoms with Gasteiger partial charge in [-0.3, -0.25) is 9.59 Å². The van der Waals surface area contributed by atoms with E-state index in [2.05, 4.69) is 0 Å². The summed E-state index contributed by atoms with van der Waals surface area (Å²) in [4.78, 5) is 24.2. The number of furan rings is 1. The lowest BCUT2D eigenvalue weighted by Crippen LogP contribution is -2.50. The average molecular weight is 224 g/mol. The fraction of sp³-hybridized carbons (Fsp3) is 0.400. The first-order valence-corrected chi connectivity index (χ1v) is 4.87. The van der Waals surface area contributed by atoms with Crippen LogP contribution in [0.5, 0.6) is 0 Å². The van der Waals surface area contributed by atoms with Crippen LogP contribution in [0.3, 0.4) is 0 Å². The molecule has 16 heavy (non-hydrogen) atoms. The number of rotatable bonds is 2. The van der Waals surface area contributed by atoms with Gasteiger partial charge in [0, 0.05) is 13.1 Å². The maximum absolute atomic E-state index is 11.8. The number of carboxylic acid groups (broad SMARTS) is 1. The highest BCUT2D eigenvalue weighted by Gasteiger charge is 2.43. The number of nitrogens with two attached hydrogens (primary N) is 1. The predicted molar refractivity (Wildman–Crippen MR) is 53.8 cm³/mol. The van der Waals surface area contributed by atoms with E-state index in [1.807, 2.05) is 0 Å². The van der Waals surface area contributed by atoms with Crippen LogP contribution < -0.4 is 5.73 Å². The fourth-order valence-corrected chi connectivity index (χ4v) is 1.75. The molecule has 1 fully saturated rings. The maximum Gasteiger partial charge on any atom is 0.325 e. The van der Waals surface area contributed by atoms with Crippen molar-refractivity contribution in [3.05, 3.63) is 24.2 Å². The zero-order chi connectivity index (χ0) is 11.8. The fourth-order valence-electron chi connectivity index (χ4n) is 1.75. The van der Waals surface area contributed by atoms with Gasteiger partial charge in [0.25, 0.3) is 5.91 Å². The van der Waals surface area contributed by atoms with Gasteiger partial charge in [0.1, 0.15) is 11.8 Å². The van der Waals surface area contributed by atoms with E-state index >= 15 is 0 Å². The Labute approximate surface area is 91.6 Å². The van der Waals surface area contributed by atoms with Crippen molar-refractivity contribution in [3.8, 4) is 0 Å². The van der Waals surface area contributed by atoms with Crippen LogP contribution in [-0.2, 0) is 4.79 Å². The number of nitrogens with zero attached hydrogens (tertiary/aromatic N) is 1. The summed E-state index contributed by atoms with van der Waals surface area (Å²) in [6.07, 6.45) is 3.00. The normalized spacial score (nSPS) is 24.7. The molecule has 2 heterocycles. The van der Waals surface area contributed by atoms with Gasteiger partial charge in [0.15, 0.2) is 0 Å². The molecule has 0 aromatic carbocycles. The van der Waals surface area contributed by atoms with Crippen LogP contribution in [0.4, 0.5) is 0 Å². The first-order valence-electron chi connectivity index (χ1n) is 4.87. The Morgan fingerprint density at radius 1 is 1.56 bits per heavy atom. The van der Waals surface area contributed by atoms with Crippen molar-refractivity contribution < 1.29 is 19.1 Å². The lowest BCUT2D eigenvalue weighted by molar-refractivity contribution is -0.142. The standard InChI is InChI=1S/C10H12N2O4/c11-10(9(14)15)2-3-12(6-10)8(13)7-1-4-16-5-7/h1,4-5H,2-3,6,11H2,(H,14,15). The van der Waals surface area contributed by atoms with E-state index in [1.165, 1.54) is 17.4 Å². The number of aliphatic carboxylic acids is 1. The Bertz CT molecular complexity index is 414. The van der Waals surface area contributed by atoms with Crippen LogP contribution in [-0.4, -0.2) is 40.5 Å². The quantitative estimate of drug-likeness (QED) is 0.731. The number of carbonyl (C=O) groups is 2. The molecule has 1 saturated heterocycles. The molecule has 1 atom stereocenters. The molecule has 0 aliphatic carbocycles. The molecule has 1 aromatic rings. The molecule has 1 aromatic heterocycles. The monoisotopic (exact) mass is 224 g/mol. The zero-order valence-corrected chi connectivity index (χ0v) is 8.55. The Kier molecular flexibility index (Phi) is 2.43. The van der Waals surface area contributed by atoms with Crippen LogP contribution in [0, 0.1) is 0 Å². The molecule has 1 unspecified atom stereocenters. The minimum atomic E-state index is -1.32. The summed E-state index contributed by atoms with van der Waals surface area (Å²) in [6, 6.07) is 1.54. The number of hydrogen-bond acceptors (Lipinski definition) is 4. The number of carboxylic acids is 1. The van der Waals surface area contributed by atoms with Crippen LogP contribution in [0.15, 0.2) is 23.0 Å². The molecule has 2 rings (SSSR count). The van der Waals surface area contributed by atoms with Gasteiger partial charge < -0.3 is 20.2 Å². The summed E-state index contributed by atoms with van der Waals surface area (Å²) in [5.41, 5.74) is 4.76. The lowest BCUT2D eigenvalue weighted by Gasteiger charge is -2.19. The minimum Gasteiger partial charge on any atom is -0.480 e. The number of amides is 1. The van der Waals surface area contributed by atoms with Crippen molar-refractivity contribution in [1.29, 1.82) is 0 Å². The smallest absolute Gasteiger partial charge is 0.325 e. The molecule has 1 aliphatic rings. The van der Waals surface area contributed by atoms with Crippen molar-refractivity contribution in [2.75, 3.05) is 13.1 Å². The number of carbonyl (C=O) groups excluding carboxylic acids is 1. The molecule has 0 spiro atoms. The Morgan fingerprint density at radius 2 is 2.31 bits per heavy atom. The summed E-state index contributed by atoms with van der Waals surface area (Å²) < 4.78 is 4.80. The maximum atomic E-state index is 11.8. The average Bonchev–Trinajstić information content (AvgIpc) is 2.85. The van der Waals surface area contributed by atoms with Gasteiger partial charge in [-0.2, -0.15) is 0 Å². The van der Waals surface area contributed by atoms with Crippen LogP contribution in [0.1, 0.15) is 16.8 Å². The van der Waals surface area contributed by atoms with Gasteiger partial charge in [0.2, 0.25) is 0 Å². The summed E-state index contributed by atoms with van der Waals surface area (Å²) in [6.45, 7) is 0.388. The predicted octanol–water partition coefficient (Wildman–Crippen LogP) is -0.0924. The third kappa shape index (κ3) is 1.67. The largest absolute Gasteiger partial charge is 0.480 e. The molecule has 86 valence electrons. The molecule has 0 bridgehead atoms. The van der Waals surface area contributed by atoms with Crippen molar-refractivity contribution >= 4 is 11.9 Å². The van der Waals surface area contributed by atoms with Gasteiger partial charge in [-0.25, -0.2) is 0 Å². The Hall–Kier alpha value is -1.82. The van der Waals surface area contributed by atoms with Gasteiger partial charge in [-0.1, -0.05) is 0 Å². The van der Waals surface area contributed by atoms with Crippen molar-refractivity contribution in [2.24, 2.45) is 5.73 Å². The second-order valence-corrected chi connectivity index (χ2v) is 3.95. The summed E-state index contributed by atoms with van der Waals surface area (Å²) in [5.74, 6) is -1.32. The second kappa shape index (κ2) is 3.64. The molecule has 0 saturated carbocycles. The van der Waals surface area contributed by atoms with E-state index in [4.69, 9.17) is 15.3 Å². The molecule has 6 heteroatoms. The van der Waals surface area contributed by atoms with Gasteiger partial charge in [-0.15, -0.1) is 0 Å². The molecule has 6 nitrogen and oxygen atoms in total. The van der Waals surface area contributed by atoms with E-state index in [9.17, 15) is 9.59 Å². The summed E-state index contributed by atoms with van der Waals surface area (Å²) in [7, 11) is 0. The van der Waals surface area contributed by atoms with Gasteiger partial charge >= 0.3 is 5.97 Å². The van der Waals surface area contributed by atoms with Crippen molar-refractivity contribution in [3.63, 3.8) is 0 Å². The molecular weight excluding hydrogens is 212 g/mol. The lowest BCUT2D eigenvalue weighted by atomic mass is 10.0. The van der Waals surface area contributed by atoms with E-state index in [1.54, 1.807) is 6.07 Å². The van der Waals surface area contributed by atoms with Crippen molar-refractivity contribution in [2.45, 2.75) is 12.0 Å². The highest BCUT2D eigenvalue weighted by molar-refractivity contribution is 5.95. The SMILES string of the molecule is NC1(C(=O)O)CCN(C(=O)c2ccoc2)C1. The third-order valence-corrected chi connectivity index (χ3v) is 2.78. The van der Waals surface area contributed by atoms with Crippen molar-refractivity contribution in [1.82, 2.24) is 4.90 Å². The van der Waals surface area contributed by atoms with E-state index < -0.39 is 11.5 Å². The molecule has 3 N–H and O–H groups in total. The highest BCUT2D eigenvalue weighted by atomic mass is 16.4. The summed E-state index contributed by atoms with van der Waals surface area (Å²) in [5, 5.41) is 8.92. The summed E-state index contributed by atoms with van der Waals surface area (Å²) >= 11 is 0. The van der Waals surface area contributed by atoms with E-state index in [-0.39, 0.29) is 18.9 Å². The molecule has 0 radical (unpaired) electrons. The van der Waals surface area contributed by atoms with E-state index in [0.29, 0.717) is 12.1 Å². The van der Waals surface area contributed by atoms with Gasteiger partial charge in [0.05, 0.1) is 11.8 Å². The first kappa shape index (κ1) is 10.7. The molecule has 1 amide bonds. The minimum absolute atomic E-state index is 0.0341. The molecule has 1 aliphatic heterocycles. The Morgan fingerprint density at radius 3 is 2.81 bits per heavy atom. The van der Waals surface area contributed by atoms with E-state index in [0.717, 1.165) is 0 Å². The van der Waals surface area contributed by atoms with Crippen LogP contribution >= 0.6 is 0 Å². The highest BCUT2D eigenvalue weighted by Crippen LogP contribution is 2.21. The zero-order valence-electron chi connectivity index (χ0n) is 8.55. The van der Waals surface area contributed by atoms with Crippen LogP contribution in [0.2, 0.25) is 0 Å². The number of likely N-dealkylation sites (tertiary alicyclic amines) is 1.